The number of nitrogens with zero attached hydrogens (tertiary/aromatic N) is 3. The lowest BCUT2D eigenvalue weighted by molar-refractivity contribution is -0.461. The second-order valence-electron chi connectivity index (χ2n) is 17.3. The molecule has 1 rings (SSSR count). The third-order valence-electron chi connectivity index (χ3n) is 11.0. The Balaban J connectivity index is 3.79. The minimum atomic E-state index is -9.03. The van der Waals surface area contributed by atoms with E-state index in [1.165, 1.54) is 0 Å². The van der Waals surface area contributed by atoms with Crippen molar-refractivity contribution in [3.8, 4) is 6.07 Å². The van der Waals surface area contributed by atoms with Crippen LogP contribution in [0, 0.1) is 11.3 Å². The topological polar surface area (TPSA) is 48.7 Å². The second kappa shape index (κ2) is 23.6. The molecule has 0 radical (unpaired) electrons. The SMILES string of the molecule is CC(C)N(C(C)C)P(OCCC#N)OCCc1ccc(N(CCCC(F)(F)C(F)(F)C(F)(F)C(F)(F)C(F)(F)C(F)(F)C(F)(F)C(F)(F)F)CCCC(F)(F)C(F)(F)C(F)(F)C(F)(F)C(F)(F)C(F)(F)C(F)(F)C(F)(F)F)cc1. The van der Waals surface area contributed by atoms with Crippen LogP contribution in [-0.4, -0.2) is 138 Å². The van der Waals surface area contributed by atoms with Crippen molar-refractivity contribution in [1.29, 1.82) is 5.26 Å². The van der Waals surface area contributed by atoms with E-state index in [0.29, 0.717) is 12.1 Å². The van der Waals surface area contributed by atoms with Gasteiger partial charge in [0.15, 0.2) is 0 Å². The summed E-state index contributed by atoms with van der Waals surface area (Å²) in [7, 11) is -1.96. The van der Waals surface area contributed by atoms with Gasteiger partial charge in [-0.15, -0.1) is 0 Å². The van der Waals surface area contributed by atoms with Crippen LogP contribution in [0.15, 0.2) is 24.3 Å². The molecule has 79 heavy (non-hydrogen) atoms. The standard InChI is InChI=1S/C39H38F34N3O2P/c1-20(2)76(21(3)4)79(77-18-7-15-74)78-19-12-22-8-10-23(11-9-22)75(16-5-13-24(40,41)26(44,45)28(48,49)30(52,53)32(56,57)34(60,61)36(64,65)38(68,69)70)17-6-14-25(42,43)27(46,47)29(50,51)31(54,55)33(58,59)35(62,63)37(66,67)39(71,72)73/h8-11,20-21H,5-7,12-14,16-19H2,1-4H3. The number of anilines is 1. The number of alkyl halides is 34. The van der Waals surface area contributed by atoms with E-state index in [0.717, 1.165) is 12.1 Å². The molecule has 0 aliphatic carbocycles. The number of benzene rings is 1. The molecule has 40 heteroatoms. The molecule has 1 atom stereocenters. The fourth-order valence-corrected chi connectivity index (χ4v) is 8.08. The summed E-state index contributed by atoms with van der Waals surface area (Å²) in [5.74, 6) is -119. The second-order valence-corrected chi connectivity index (χ2v) is 18.7. The first kappa shape index (κ1) is 73.5. The van der Waals surface area contributed by atoms with E-state index >= 15 is 0 Å². The first-order valence-electron chi connectivity index (χ1n) is 21.2. The maximum Gasteiger partial charge on any atom is 0.460 e. The summed E-state index contributed by atoms with van der Waals surface area (Å²) in [6.45, 7) is 2.78. The molecule has 0 fully saturated rings. The van der Waals surface area contributed by atoms with Crippen molar-refractivity contribution in [3.63, 3.8) is 0 Å². The number of hydrogen-bond donors (Lipinski definition) is 0. The van der Waals surface area contributed by atoms with Gasteiger partial charge >= 0.3 is 95.3 Å². The summed E-state index contributed by atoms with van der Waals surface area (Å²) in [6, 6.07) is 4.42. The van der Waals surface area contributed by atoms with Crippen LogP contribution in [0.4, 0.5) is 155 Å². The van der Waals surface area contributed by atoms with Crippen LogP contribution in [0.2, 0.25) is 0 Å². The third kappa shape index (κ3) is 13.0. The molecule has 1 aromatic carbocycles. The maximum atomic E-state index is 14.8. The molecular formula is C39H38F34N3O2P. The van der Waals surface area contributed by atoms with Crippen molar-refractivity contribution in [1.82, 2.24) is 4.67 Å². The van der Waals surface area contributed by atoms with Gasteiger partial charge in [0.25, 0.3) is 8.53 Å². The summed E-state index contributed by atoms with van der Waals surface area (Å²) in [5.41, 5.74) is -0.706. The number of hydrogen-bond acceptors (Lipinski definition) is 5. The van der Waals surface area contributed by atoms with Crippen molar-refractivity contribution in [3.05, 3.63) is 29.8 Å². The highest BCUT2D eigenvalue weighted by atomic mass is 31.2. The predicted octanol–water partition coefficient (Wildman–Crippen LogP) is 16.9. The summed E-state index contributed by atoms with van der Waals surface area (Å²) < 4.78 is 482. The average molecular weight is 1260 g/mol. The van der Waals surface area contributed by atoms with E-state index in [2.05, 4.69) is 0 Å². The molecule has 0 aliphatic rings. The summed E-state index contributed by atoms with van der Waals surface area (Å²) >= 11 is 0. The van der Waals surface area contributed by atoms with E-state index in [4.69, 9.17) is 14.3 Å². The van der Waals surface area contributed by atoms with E-state index in [1.807, 2.05) is 0 Å². The van der Waals surface area contributed by atoms with Gasteiger partial charge in [0, 0.05) is 43.7 Å². The van der Waals surface area contributed by atoms with Crippen LogP contribution >= 0.6 is 8.53 Å². The van der Waals surface area contributed by atoms with E-state index in [1.54, 1.807) is 38.4 Å². The molecule has 0 aromatic heterocycles. The van der Waals surface area contributed by atoms with Crippen molar-refractivity contribution >= 4 is 14.2 Å². The lowest BCUT2D eigenvalue weighted by Crippen LogP contribution is -2.74. The Labute approximate surface area is 423 Å². The molecule has 0 spiro atoms. The van der Waals surface area contributed by atoms with Crippen LogP contribution < -0.4 is 4.90 Å². The molecule has 0 amide bonds. The minimum Gasteiger partial charge on any atom is -0.372 e. The van der Waals surface area contributed by atoms with E-state index in [9.17, 15) is 149 Å². The fourth-order valence-electron chi connectivity index (χ4n) is 6.49. The Morgan fingerprint density at radius 3 is 0.975 bits per heavy atom. The van der Waals surface area contributed by atoms with Crippen molar-refractivity contribution in [2.75, 3.05) is 31.2 Å². The lowest BCUT2D eigenvalue weighted by Gasteiger charge is -2.43. The third-order valence-corrected chi connectivity index (χ3v) is 13.1. The molecule has 1 aromatic rings. The van der Waals surface area contributed by atoms with Gasteiger partial charge in [-0.1, -0.05) is 12.1 Å². The highest BCUT2D eigenvalue weighted by Crippen LogP contribution is 2.66. The number of halogens is 34. The summed E-state index contributed by atoms with van der Waals surface area (Å²) in [5, 5.41) is 8.85. The van der Waals surface area contributed by atoms with Crippen molar-refractivity contribution in [2.45, 2.75) is 174 Å². The molecule has 0 saturated heterocycles. The monoisotopic (exact) mass is 1260 g/mol. The predicted molar refractivity (Wildman–Crippen MR) is 203 cm³/mol. The molecular weight excluding hydrogens is 1220 g/mol. The Morgan fingerprint density at radius 2 is 0.696 bits per heavy atom. The highest BCUT2D eigenvalue weighted by Gasteiger charge is 2.97. The van der Waals surface area contributed by atoms with Gasteiger partial charge in [-0.2, -0.15) is 155 Å². The largest absolute Gasteiger partial charge is 0.460 e. The van der Waals surface area contributed by atoms with Gasteiger partial charge in [-0.25, -0.2) is 4.67 Å². The van der Waals surface area contributed by atoms with Crippen molar-refractivity contribution in [2.24, 2.45) is 0 Å². The normalized spacial score (nSPS) is 15.8. The van der Waals surface area contributed by atoms with E-state index in [-0.39, 0.29) is 48.6 Å². The molecule has 0 bridgehead atoms. The molecule has 1 unspecified atom stereocenters. The maximum absolute atomic E-state index is 14.8. The smallest absolute Gasteiger partial charge is 0.372 e. The number of rotatable bonds is 31. The zero-order valence-corrected chi connectivity index (χ0v) is 40.4. The van der Waals surface area contributed by atoms with Gasteiger partial charge in [0.2, 0.25) is 0 Å². The zero-order valence-electron chi connectivity index (χ0n) is 39.5. The average Bonchev–Trinajstić information content (AvgIpc) is 3.26. The van der Waals surface area contributed by atoms with Gasteiger partial charge in [-0.3, -0.25) is 0 Å². The Bertz CT molecular complexity index is 2060. The Hall–Kier alpha value is -3.56. The summed E-state index contributed by atoms with van der Waals surface area (Å²) in [6.07, 6.45) is -27.2. The van der Waals surface area contributed by atoms with Gasteiger partial charge in [0.1, 0.15) is 0 Å². The van der Waals surface area contributed by atoms with Crippen LogP contribution in [0.25, 0.3) is 0 Å². The van der Waals surface area contributed by atoms with Crippen LogP contribution in [0.5, 0.6) is 0 Å². The Morgan fingerprint density at radius 1 is 0.418 bits per heavy atom. The Kier molecular flexibility index (Phi) is 21.9. The van der Waals surface area contributed by atoms with Crippen molar-refractivity contribution < 1.29 is 158 Å². The first-order chi connectivity index (χ1) is 34.7. The molecule has 0 N–H and O–H groups in total. The lowest BCUT2D eigenvalue weighted by atomic mass is 9.88. The quantitative estimate of drug-likeness (QED) is 0.0421. The van der Waals surface area contributed by atoms with E-state index < -0.39 is 148 Å². The molecule has 0 aliphatic heterocycles. The molecule has 5 nitrogen and oxygen atoms in total. The summed E-state index contributed by atoms with van der Waals surface area (Å²) in [4.78, 5) is 0.0789. The molecule has 464 valence electrons. The van der Waals surface area contributed by atoms with Crippen LogP contribution in [0.3, 0.4) is 0 Å². The highest BCUT2D eigenvalue weighted by molar-refractivity contribution is 7.44. The van der Waals surface area contributed by atoms with Crippen LogP contribution in [0.1, 0.15) is 65.4 Å². The minimum absolute atomic E-state index is 0.0748. The first-order valence-corrected chi connectivity index (χ1v) is 22.3. The fraction of sp³-hybridized carbons (Fsp3) is 0.821. The molecule has 0 saturated carbocycles. The zero-order chi connectivity index (χ0) is 63.1. The van der Waals surface area contributed by atoms with Crippen LogP contribution in [-0.2, 0) is 15.5 Å². The number of nitriles is 1. The van der Waals surface area contributed by atoms with Gasteiger partial charge in [-0.05, 0) is 64.7 Å². The van der Waals surface area contributed by atoms with Gasteiger partial charge in [0.05, 0.1) is 25.7 Å². The van der Waals surface area contributed by atoms with Gasteiger partial charge < -0.3 is 13.9 Å². The molecule has 0 heterocycles.